The van der Waals surface area contributed by atoms with Crippen molar-refractivity contribution in [3.8, 4) is 0 Å². The van der Waals surface area contributed by atoms with Crippen molar-refractivity contribution in [2.75, 3.05) is 12.3 Å². The standard InChI is InChI=1S/C12H19NO2S/c1-9(2)11-5-4-10(3)12(8-11)16(14,15)7-6-13/h4-5,8-9H,6-7,13H2,1-3H3. The van der Waals surface area contributed by atoms with Crippen LogP contribution in [0.2, 0.25) is 0 Å². The molecule has 1 aromatic rings. The van der Waals surface area contributed by atoms with Crippen LogP contribution < -0.4 is 5.73 Å². The Morgan fingerprint density at radius 1 is 1.31 bits per heavy atom. The van der Waals surface area contributed by atoms with E-state index in [1.165, 1.54) is 0 Å². The molecular weight excluding hydrogens is 222 g/mol. The maximum absolute atomic E-state index is 11.9. The number of hydrogen-bond donors (Lipinski definition) is 1. The Morgan fingerprint density at radius 2 is 1.94 bits per heavy atom. The molecule has 0 spiro atoms. The number of rotatable bonds is 4. The van der Waals surface area contributed by atoms with Gasteiger partial charge < -0.3 is 5.73 Å². The van der Waals surface area contributed by atoms with E-state index in [0.717, 1.165) is 11.1 Å². The van der Waals surface area contributed by atoms with Gasteiger partial charge in [-0.05, 0) is 30.0 Å². The SMILES string of the molecule is Cc1ccc(C(C)C)cc1S(=O)(=O)CCN. The molecule has 0 amide bonds. The first-order valence-electron chi connectivity index (χ1n) is 5.42. The Balaban J connectivity index is 3.27. The third kappa shape index (κ3) is 2.83. The van der Waals surface area contributed by atoms with Gasteiger partial charge in [-0.1, -0.05) is 26.0 Å². The molecule has 1 rings (SSSR count). The van der Waals surface area contributed by atoms with Crippen LogP contribution in [-0.2, 0) is 9.84 Å². The van der Waals surface area contributed by atoms with Gasteiger partial charge in [0, 0.05) is 6.54 Å². The van der Waals surface area contributed by atoms with Crippen LogP contribution in [0.3, 0.4) is 0 Å². The summed E-state index contributed by atoms with van der Waals surface area (Å²) in [5.41, 5.74) is 7.15. The molecule has 0 saturated carbocycles. The summed E-state index contributed by atoms with van der Waals surface area (Å²) >= 11 is 0. The molecule has 90 valence electrons. The van der Waals surface area contributed by atoms with Gasteiger partial charge in [-0.15, -0.1) is 0 Å². The van der Waals surface area contributed by atoms with E-state index in [-0.39, 0.29) is 12.3 Å². The lowest BCUT2D eigenvalue weighted by molar-refractivity contribution is 0.595. The lowest BCUT2D eigenvalue weighted by Crippen LogP contribution is -2.16. The molecule has 2 N–H and O–H groups in total. The van der Waals surface area contributed by atoms with Crippen LogP contribution in [0.5, 0.6) is 0 Å². The lowest BCUT2D eigenvalue weighted by atomic mass is 10.0. The van der Waals surface area contributed by atoms with Crippen molar-refractivity contribution in [1.29, 1.82) is 0 Å². The van der Waals surface area contributed by atoms with E-state index in [2.05, 4.69) is 0 Å². The maximum Gasteiger partial charge on any atom is 0.179 e. The number of nitrogens with two attached hydrogens (primary N) is 1. The minimum Gasteiger partial charge on any atom is -0.329 e. The van der Waals surface area contributed by atoms with Crippen molar-refractivity contribution in [2.24, 2.45) is 5.73 Å². The lowest BCUT2D eigenvalue weighted by Gasteiger charge is -2.11. The molecule has 0 saturated heterocycles. The smallest absolute Gasteiger partial charge is 0.179 e. The first-order chi connectivity index (χ1) is 7.38. The highest BCUT2D eigenvalue weighted by atomic mass is 32.2. The van der Waals surface area contributed by atoms with E-state index >= 15 is 0 Å². The third-order valence-electron chi connectivity index (χ3n) is 2.60. The van der Waals surface area contributed by atoms with Crippen LogP contribution in [0.1, 0.15) is 30.9 Å². The summed E-state index contributed by atoms with van der Waals surface area (Å²) in [4.78, 5) is 0.421. The maximum atomic E-state index is 11.9. The number of hydrogen-bond acceptors (Lipinski definition) is 3. The summed E-state index contributed by atoms with van der Waals surface area (Å²) in [6.07, 6.45) is 0. The van der Waals surface area contributed by atoms with Crippen LogP contribution in [0.25, 0.3) is 0 Å². The van der Waals surface area contributed by atoms with E-state index in [4.69, 9.17) is 5.73 Å². The molecule has 4 heteroatoms. The van der Waals surface area contributed by atoms with Gasteiger partial charge in [0.25, 0.3) is 0 Å². The average molecular weight is 241 g/mol. The van der Waals surface area contributed by atoms with Gasteiger partial charge in [0.15, 0.2) is 9.84 Å². The Labute approximate surface area is 97.6 Å². The van der Waals surface area contributed by atoms with Crippen LogP contribution in [0.4, 0.5) is 0 Å². The van der Waals surface area contributed by atoms with Crippen molar-refractivity contribution >= 4 is 9.84 Å². The largest absolute Gasteiger partial charge is 0.329 e. The van der Waals surface area contributed by atoms with Crippen LogP contribution in [0, 0.1) is 6.92 Å². The van der Waals surface area contributed by atoms with E-state index in [1.54, 1.807) is 6.07 Å². The molecule has 0 radical (unpaired) electrons. The molecule has 0 fully saturated rings. The zero-order valence-corrected chi connectivity index (χ0v) is 10.8. The highest BCUT2D eigenvalue weighted by Gasteiger charge is 2.17. The van der Waals surface area contributed by atoms with Crippen LogP contribution in [0.15, 0.2) is 23.1 Å². The quantitative estimate of drug-likeness (QED) is 0.875. The summed E-state index contributed by atoms with van der Waals surface area (Å²) < 4.78 is 23.9. The summed E-state index contributed by atoms with van der Waals surface area (Å²) in [7, 11) is -3.22. The highest BCUT2D eigenvalue weighted by Crippen LogP contribution is 2.22. The zero-order valence-electron chi connectivity index (χ0n) is 10.0. The third-order valence-corrected chi connectivity index (χ3v) is 4.48. The minimum absolute atomic E-state index is 0.00931. The van der Waals surface area contributed by atoms with Gasteiger partial charge in [-0.2, -0.15) is 0 Å². The summed E-state index contributed by atoms with van der Waals surface area (Å²) in [6.45, 7) is 6.06. The molecule has 0 bridgehead atoms. The van der Waals surface area contributed by atoms with Gasteiger partial charge in [-0.25, -0.2) is 8.42 Å². The monoisotopic (exact) mass is 241 g/mol. The van der Waals surface area contributed by atoms with Crippen molar-refractivity contribution in [2.45, 2.75) is 31.6 Å². The van der Waals surface area contributed by atoms with Gasteiger partial charge in [-0.3, -0.25) is 0 Å². The second-order valence-electron chi connectivity index (χ2n) is 4.29. The normalized spacial score (nSPS) is 12.1. The van der Waals surface area contributed by atoms with Gasteiger partial charge in [0.2, 0.25) is 0 Å². The summed E-state index contributed by atoms with van der Waals surface area (Å²) in [5, 5.41) is 0. The first-order valence-corrected chi connectivity index (χ1v) is 7.07. The van der Waals surface area contributed by atoms with Crippen molar-refractivity contribution < 1.29 is 8.42 Å². The van der Waals surface area contributed by atoms with Crippen LogP contribution >= 0.6 is 0 Å². The first kappa shape index (κ1) is 13.2. The Kier molecular flexibility index (Phi) is 4.10. The van der Waals surface area contributed by atoms with Gasteiger partial charge in [0.05, 0.1) is 10.6 Å². The zero-order chi connectivity index (χ0) is 12.3. The highest BCUT2D eigenvalue weighted by molar-refractivity contribution is 7.91. The molecule has 0 aliphatic rings. The van der Waals surface area contributed by atoms with E-state index < -0.39 is 9.84 Å². The fourth-order valence-corrected chi connectivity index (χ4v) is 2.98. The average Bonchev–Trinajstić information content (AvgIpc) is 2.17. The molecule has 0 atom stereocenters. The second-order valence-corrected chi connectivity index (χ2v) is 6.36. The van der Waals surface area contributed by atoms with E-state index in [1.807, 2.05) is 32.9 Å². The van der Waals surface area contributed by atoms with Crippen molar-refractivity contribution in [3.05, 3.63) is 29.3 Å². The molecule has 0 unspecified atom stereocenters. The molecule has 16 heavy (non-hydrogen) atoms. The van der Waals surface area contributed by atoms with Gasteiger partial charge in [0.1, 0.15) is 0 Å². The fourth-order valence-electron chi connectivity index (χ4n) is 1.58. The van der Waals surface area contributed by atoms with Crippen molar-refractivity contribution in [3.63, 3.8) is 0 Å². The molecule has 0 aliphatic heterocycles. The Bertz CT molecular complexity index is 464. The molecular formula is C12H19NO2S. The molecule has 0 aliphatic carbocycles. The van der Waals surface area contributed by atoms with Gasteiger partial charge >= 0.3 is 0 Å². The molecule has 0 aromatic heterocycles. The summed E-state index contributed by atoms with van der Waals surface area (Å²) in [5.74, 6) is 0.336. The van der Waals surface area contributed by atoms with E-state index in [0.29, 0.717) is 10.8 Å². The predicted molar refractivity (Wildman–Crippen MR) is 66.4 cm³/mol. The minimum atomic E-state index is -3.22. The Hall–Kier alpha value is -0.870. The molecule has 3 nitrogen and oxygen atoms in total. The molecule has 0 heterocycles. The topological polar surface area (TPSA) is 60.2 Å². The Morgan fingerprint density at radius 3 is 2.44 bits per heavy atom. The van der Waals surface area contributed by atoms with Crippen LogP contribution in [-0.4, -0.2) is 20.7 Å². The fraction of sp³-hybridized carbons (Fsp3) is 0.500. The summed E-state index contributed by atoms with van der Waals surface area (Å²) in [6, 6.07) is 5.60. The second kappa shape index (κ2) is 4.97. The predicted octanol–water partition coefficient (Wildman–Crippen LogP) is 1.85. The number of aryl methyl sites for hydroxylation is 1. The number of sulfone groups is 1. The number of benzene rings is 1. The molecule has 1 aromatic carbocycles. The van der Waals surface area contributed by atoms with Crippen molar-refractivity contribution in [1.82, 2.24) is 0 Å². The van der Waals surface area contributed by atoms with E-state index in [9.17, 15) is 8.42 Å².